The third kappa shape index (κ3) is 4.76. The minimum atomic E-state index is -0.343. The van der Waals surface area contributed by atoms with E-state index in [4.69, 9.17) is 4.42 Å². The maximum atomic E-state index is 12.9. The summed E-state index contributed by atoms with van der Waals surface area (Å²) in [5.74, 6) is 0.798. The van der Waals surface area contributed by atoms with E-state index in [1.807, 2.05) is 24.3 Å². The molecule has 0 aliphatic carbocycles. The van der Waals surface area contributed by atoms with Crippen LogP contribution in [-0.2, 0) is 0 Å². The van der Waals surface area contributed by atoms with E-state index in [9.17, 15) is 9.18 Å². The Morgan fingerprint density at radius 2 is 1.88 bits per heavy atom. The Morgan fingerprint density at radius 3 is 2.64 bits per heavy atom. The van der Waals surface area contributed by atoms with Crippen LogP contribution in [0.3, 0.4) is 0 Å². The van der Waals surface area contributed by atoms with Gasteiger partial charge in [0, 0.05) is 22.2 Å². The van der Waals surface area contributed by atoms with Gasteiger partial charge < -0.3 is 4.42 Å². The van der Waals surface area contributed by atoms with Crippen molar-refractivity contribution < 1.29 is 13.6 Å². The van der Waals surface area contributed by atoms with Crippen LogP contribution in [0.1, 0.15) is 23.2 Å². The molecule has 3 aromatic rings. The molecule has 0 spiro atoms. The molecular formula is C18H14BrFN2O2S. The standard InChI is InChI=1S/C18H14BrFN2O2S/c19-15-5-2-1-4-14(15)17-21-22-18(24-17)25-11-3-6-16(23)12-7-9-13(20)10-8-12/h1-2,4-5,7-10H,3,6,11H2. The second-order valence-corrected chi connectivity index (χ2v) is 7.14. The van der Waals surface area contributed by atoms with E-state index in [0.717, 1.165) is 10.0 Å². The normalized spacial score (nSPS) is 10.8. The molecule has 0 fully saturated rings. The Balaban J connectivity index is 1.49. The van der Waals surface area contributed by atoms with Crippen molar-refractivity contribution in [2.24, 2.45) is 0 Å². The quantitative estimate of drug-likeness (QED) is 0.291. The second kappa shape index (κ2) is 8.40. The van der Waals surface area contributed by atoms with E-state index in [1.165, 1.54) is 36.0 Å². The minimum Gasteiger partial charge on any atom is -0.411 e. The largest absolute Gasteiger partial charge is 0.411 e. The van der Waals surface area contributed by atoms with Gasteiger partial charge in [-0.3, -0.25) is 4.79 Å². The summed E-state index contributed by atoms with van der Waals surface area (Å²) in [6.07, 6.45) is 1.07. The highest BCUT2D eigenvalue weighted by Crippen LogP contribution is 2.29. The Labute approximate surface area is 157 Å². The number of Topliss-reactive ketones (excluding diaryl/α,β-unsaturated/α-hetero) is 1. The summed E-state index contributed by atoms with van der Waals surface area (Å²) in [5, 5.41) is 8.54. The summed E-state index contributed by atoms with van der Waals surface area (Å²) >= 11 is 4.87. The maximum absolute atomic E-state index is 12.9. The van der Waals surface area contributed by atoms with Crippen LogP contribution in [0, 0.1) is 5.82 Å². The third-order valence-corrected chi connectivity index (χ3v) is 5.05. The van der Waals surface area contributed by atoms with Gasteiger partial charge in [0.05, 0.1) is 5.56 Å². The molecule has 0 aliphatic heterocycles. The zero-order valence-electron chi connectivity index (χ0n) is 13.1. The van der Waals surface area contributed by atoms with Gasteiger partial charge in [-0.05, 0) is 58.7 Å². The Hall–Kier alpha value is -1.99. The van der Waals surface area contributed by atoms with Crippen LogP contribution in [0.5, 0.6) is 0 Å². The number of thioether (sulfide) groups is 1. The number of nitrogens with zero attached hydrogens (tertiary/aromatic N) is 2. The molecule has 0 saturated carbocycles. The predicted octanol–water partition coefficient (Wildman–Crippen LogP) is 5.39. The van der Waals surface area contributed by atoms with E-state index >= 15 is 0 Å². The van der Waals surface area contributed by atoms with E-state index in [-0.39, 0.29) is 11.6 Å². The van der Waals surface area contributed by atoms with Crippen LogP contribution in [-0.4, -0.2) is 21.7 Å². The lowest BCUT2D eigenvalue weighted by molar-refractivity contribution is 0.0982. The molecule has 1 aromatic heterocycles. The van der Waals surface area contributed by atoms with E-state index < -0.39 is 0 Å². The summed E-state index contributed by atoms with van der Waals surface area (Å²) in [6.45, 7) is 0. The molecule has 7 heteroatoms. The van der Waals surface area contributed by atoms with Gasteiger partial charge in [0.1, 0.15) is 5.82 Å². The first-order valence-corrected chi connectivity index (χ1v) is 9.41. The first kappa shape index (κ1) is 17.8. The lowest BCUT2D eigenvalue weighted by Crippen LogP contribution is -1.99. The predicted molar refractivity (Wildman–Crippen MR) is 98.1 cm³/mol. The Morgan fingerprint density at radius 1 is 1.12 bits per heavy atom. The van der Waals surface area contributed by atoms with Crippen LogP contribution in [0.2, 0.25) is 0 Å². The number of carbonyl (C=O) groups excluding carboxylic acids is 1. The number of halogens is 2. The first-order valence-electron chi connectivity index (χ1n) is 7.63. The van der Waals surface area contributed by atoms with Crippen LogP contribution < -0.4 is 0 Å². The molecule has 128 valence electrons. The molecule has 3 rings (SSSR count). The number of ketones is 1. The van der Waals surface area contributed by atoms with E-state index in [1.54, 1.807) is 0 Å². The molecule has 0 bridgehead atoms. The number of aromatic nitrogens is 2. The molecule has 0 unspecified atom stereocenters. The molecule has 1 heterocycles. The van der Waals surface area contributed by atoms with Gasteiger partial charge in [-0.25, -0.2) is 4.39 Å². The van der Waals surface area contributed by atoms with Crippen LogP contribution >= 0.6 is 27.7 Å². The molecule has 0 amide bonds. The number of carbonyl (C=O) groups is 1. The van der Waals surface area contributed by atoms with Crippen molar-refractivity contribution in [1.82, 2.24) is 10.2 Å². The topological polar surface area (TPSA) is 56.0 Å². The lowest BCUT2D eigenvalue weighted by atomic mass is 10.1. The first-order chi connectivity index (χ1) is 12.1. The fraction of sp³-hybridized carbons (Fsp3) is 0.167. The van der Waals surface area contributed by atoms with Crippen molar-refractivity contribution in [3.8, 4) is 11.5 Å². The number of benzene rings is 2. The summed E-state index contributed by atoms with van der Waals surface area (Å²) in [5.41, 5.74) is 1.37. The van der Waals surface area contributed by atoms with Gasteiger partial charge in [0.15, 0.2) is 5.78 Å². The van der Waals surface area contributed by atoms with Crippen molar-refractivity contribution in [2.75, 3.05) is 5.75 Å². The Bertz CT molecular complexity index is 868. The number of rotatable bonds is 7. The highest BCUT2D eigenvalue weighted by Gasteiger charge is 2.12. The summed E-state index contributed by atoms with van der Waals surface area (Å²) < 4.78 is 19.4. The van der Waals surface area contributed by atoms with Gasteiger partial charge in [-0.2, -0.15) is 0 Å². The fourth-order valence-electron chi connectivity index (χ4n) is 2.18. The SMILES string of the molecule is O=C(CCCSc1nnc(-c2ccccc2Br)o1)c1ccc(F)cc1. The highest BCUT2D eigenvalue weighted by molar-refractivity contribution is 9.10. The molecule has 0 saturated heterocycles. The molecule has 25 heavy (non-hydrogen) atoms. The fourth-order valence-corrected chi connectivity index (χ4v) is 3.34. The van der Waals surface area contributed by atoms with Crippen LogP contribution in [0.15, 0.2) is 62.6 Å². The molecule has 0 radical (unpaired) electrons. The number of hydrogen-bond acceptors (Lipinski definition) is 5. The zero-order valence-corrected chi connectivity index (χ0v) is 15.5. The van der Waals surface area contributed by atoms with Gasteiger partial charge in [0.2, 0.25) is 5.89 Å². The molecule has 2 aromatic carbocycles. The molecule has 0 aliphatic rings. The van der Waals surface area contributed by atoms with Crippen molar-refractivity contribution in [3.05, 3.63) is 64.4 Å². The van der Waals surface area contributed by atoms with Gasteiger partial charge in [0.25, 0.3) is 5.22 Å². The summed E-state index contributed by atoms with van der Waals surface area (Å²) in [4.78, 5) is 12.0. The zero-order chi connectivity index (χ0) is 17.6. The van der Waals surface area contributed by atoms with Gasteiger partial charge in [-0.15, -0.1) is 10.2 Å². The summed E-state index contributed by atoms with van der Waals surface area (Å²) in [7, 11) is 0. The van der Waals surface area contributed by atoms with Gasteiger partial charge >= 0.3 is 0 Å². The van der Waals surface area contributed by atoms with Crippen LogP contribution in [0.25, 0.3) is 11.5 Å². The average molecular weight is 421 g/mol. The second-order valence-electron chi connectivity index (χ2n) is 5.24. The third-order valence-electron chi connectivity index (χ3n) is 3.45. The van der Waals surface area contributed by atoms with Gasteiger partial charge in [-0.1, -0.05) is 23.9 Å². The lowest BCUT2D eigenvalue weighted by Gasteiger charge is -2.00. The smallest absolute Gasteiger partial charge is 0.276 e. The molecule has 4 nitrogen and oxygen atoms in total. The minimum absolute atomic E-state index is 0.0000317. The maximum Gasteiger partial charge on any atom is 0.276 e. The molecule has 0 atom stereocenters. The molecule has 0 N–H and O–H groups in total. The van der Waals surface area contributed by atoms with Crippen molar-refractivity contribution in [1.29, 1.82) is 0 Å². The van der Waals surface area contributed by atoms with Crippen molar-refractivity contribution >= 4 is 33.5 Å². The average Bonchev–Trinajstić information content (AvgIpc) is 3.08. The molecular weight excluding hydrogens is 407 g/mol. The van der Waals surface area contributed by atoms with Crippen molar-refractivity contribution in [3.63, 3.8) is 0 Å². The van der Waals surface area contributed by atoms with Crippen LogP contribution in [0.4, 0.5) is 4.39 Å². The number of hydrogen-bond donors (Lipinski definition) is 0. The Kier molecular flexibility index (Phi) is 5.99. The summed E-state index contributed by atoms with van der Waals surface area (Å²) in [6, 6.07) is 13.2. The highest BCUT2D eigenvalue weighted by atomic mass is 79.9. The van der Waals surface area contributed by atoms with E-state index in [2.05, 4.69) is 26.1 Å². The monoisotopic (exact) mass is 420 g/mol. The van der Waals surface area contributed by atoms with Crippen molar-refractivity contribution in [2.45, 2.75) is 18.1 Å². The van der Waals surface area contributed by atoms with E-state index in [0.29, 0.717) is 35.3 Å².